The van der Waals surface area contributed by atoms with Gasteiger partial charge in [-0.25, -0.2) is 0 Å². The summed E-state index contributed by atoms with van der Waals surface area (Å²) in [6.45, 7) is 3.58. The first-order valence-corrected chi connectivity index (χ1v) is 6.84. The Hall–Kier alpha value is -1.51. The number of rotatable bonds is 6. The van der Waals surface area contributed by atoms with Gasteiger partial charge >= 0.3 is 0 Å². The molecule has 0 amide bonds. The molecule has 0 saturated carbocycles. The van der Waals surface area contributed by atoms with Gasteiger partial charge in [-0.05, 0) is 30.3 Å². The molecule has 0 fully saturated rings. The van der Waals surface area contributed by atoms with E-state index in [-0.39, 0.29) is 6.04 Å². The lowest BCUT2D eigenvalue weighted by Gasteiger charge is -2.19. The summed E-state index contributed by atoms with van der Waals surface area (Å²) < 4.78 is 5.81. The van der Waals surface area contributed by atoms with Crippen LogP contribution in [0.5, 0.6) is 5.75 Å². The molecule has 0 saturated heterocycles. The Bertz CT molecular complexity index is 501. The van der Waals surface area contributed by atoms with Gasteiger partial charge in [0.15, 0.2) is 0 Å². The SMILES string of the molecule is CCNC(COc1cccc(Cl)c1)c1ccccc1. The van der Waals surface area contributed by atoms with Gasteiger partial charge in [-0.2, -0.15) is 0 Å². The first kappa shape index (κ1) is 13.9. The average molecular weight is 276 g/mol. The third-order valence-corrected chi connectivity index (χ3v) is 3.10. The molecule has 1 atom stereocenters. The Morgan fingerprint density at radius 2 is 1.89 bits per heavy atom. The minimum Gasteiger partial charge on any atom is -0.492 e. The summed E-state index contributed by atoms with van der Waals surface area (Å²) in [4.78, 5) is 0. The Morgan fingerprint density at radius 1 is 1.11 bits per heavy atom. The van der Waals surface area contributed by atoms with E-state index in [4.69, 9.17) is 16.3 Å². The lowest BCUT2D eigenvalue weighted by molar-refractivity contribution is 0.268. The molecule has 2 aromatic carbocycles. The van der Waals surface area contributed by atoms with Crippen molar-refractivity contribution in [2.75, 3.05) is 13.2 Å². The monoisotopic (exact) mass is 275 g/mol. The zero-order valence-electron chi connectivity index (χ0n) is 11.0. The summed E-state index contributed by atoms with van der Waals surface area (Å²) in [6.07, 6.45) is 0. The summed E-state index contributed by atoms with van der Waals surface area (Å²) >= 11 is 5.94. The molecule has 3 heteroatoms. The number of benzene rings is 2. The second kappa shape index (κ2) is 7.17. The summed E-state index contributed by atoms with van der Waals surface area (Å²) in [6, 6.07) is 18.0. The van der Waals surface area contributed by atoms with Gasteiger partial charge in [0.05, 0.1) is 6.04 Å². The highest BCUT2D eigenvalue weighted by atomic mass is 35.5. The van der Waals surface area contributed by atoms with Crippen LogP contribution in [0, 0.1) is 0 Å². The summed E-state index contributed by atoms with van der Waals surface area (Å²) in [5.74, 6) is 0.798. The van der Waals surface area contributed by atoms with Gasteiger partial charge in [-0.1, -0.05) is 54.9 Å². The summed E-state index contributed by atoms with van der Waals surface area (Å²) in [7, 11) is 0. The fourth-order valence-corrected chi connectivity index (χ4v) is 2.12. The molecule has 2 nitrogen and oxygen atoms in total. The number of hydrogen-bond donors (Lipinski definition) is 1. The Labute approximate surface area is 119 Å². The van der Waals surface area contributed by atoms with E-state index >= 15 is 0 Å². The minimum absolute atomic E-state index is 0.185. The number of ether oxygens (including phenoxy) is 1. The van der Waals surface area contributed by atoms with Crippen molar-refractivity contribution in [1.82, 2.24) is 5.32 Å². The fourth-order valence-electron chi connectivity index (χ4n) is 1.94. The fraction of sp³-hybridized carbons (Fsp3) is 0.250. The van der Waals surface area contributed by atoms with Crippen LogP contribution in [0.2, 0.25) is 5.02 Å². The third-order valence-electron chi connectivity index (χ3n) is 2.87. The van der Waals surface area contributed by atoms with E-state index in [1.165, 1.54) is 5.56 Å². The van der Waals surface area contributed by atoms with Crippen LogP contribution in [0.25, 0.3) is 0 Å². The topological polar surface area (TPSA) is 21.3 Å². The van der Waals surface area contributed by atoms with Crippen molar-refractivity contribution in [2.45, 2.75) is 13.0 Å². The van der Waals surface area contributed by atoms with Crippen molar-refractivity contribution in [3.05, 3.63) is 65.2 Å². The molecule has 0 bridgehead atoms. The molecule has 0 radical (unpaired) electrons. The van der Waals surface area contributed by atoms with Crippen LogP contribution < -0.4 is 10.1 Å². The van der Waals surface area contributed by atoms with Gasteiger partial charge in [-0.15, -0.1) is 0 Å². The van der Waals surface area contributed by atoms with Crippen LogP contribution in [0.4, 0.5) is 0 Å². The Morgan fingerprint density at radius 3 is 2.58 bits per heavy atom. The quantitative estimate of drug-likeness (QED) is 0.858. The van der Waals surface area contributed by atoms with Crippen LogP contribution in [-0.4, -0.2) is 13.2 Å². The average Bonchev–Trinajstić information content (AvgIpc) is 2.44. The predicted octanol–water partition coefficient (Wildman–Crippen LogP) is 4.07. The highest BCUT2D eigenvalue weighted by Crippen LogP contribution is 2.19. The second-order valence-electron chi connectivity index (χ2n) is 4.29. The van der Waals surface area contributed by atoms with Gasteiger partial charge in [0.1, 0.15) is 12.4 Å². The van der Waals surface area contributed by atoms with E-state index in [0.29, 0.717) is 11.6 Å². The van der Waals surface area contributed by atoms with E-state index in [0.717, 1.165) is 12.3 Å². The molecular formula is C16H18ClNO. The molecule has 0 spiro atoms. The largest absolute Gasteiger partial charge is 0.492 e. The van der Waals surface area contributed by atoms with E-state index in [9.17, 15) is 0 Å². The normalized spacial score (nSPS) is 12.1. The van der Waals surface area contributed by atoms with Crippen molar-refractivity contribution in [3.63, 3.8) is 0 Å². The van der Waals surface area contributed by atoms with Crippen molar-refractivity contribution in [2.24, 2.45) is 0 Å². The molecule has 1 N–H and O–H groups in total. The first-order valence-electron chi connectivity index (χ1n) is 6.46. The maximum absolute atomic E-state index is 5.94. The Balaban J connectivity index is 2.01. The minimum atomic E-state index is 0.185. The molecule has 0 aliphatic carbocycles. The van der Waals surface area contributed by atoms with Crippen LogP contribution in [-0.2, 0) is 0 Å². The van der Waals surface area contributed by atoms with Crippen molar-refractivity contribution >= 4 is 11.6 Å². The maximum atomic E-state index is 5.94. The Kier molecular flexibility index (Phi) is 5.25. The summed E-state index contributed by atoms with van der Waals surface area (Å²) in [5, 5.41) is 4.12. The molecule has 100 valence electrons. The van der Waals surface area contributed by atoms with Gasteiger partial charge in [0, 0.05) is 5.02 Å². The van der Waals surface area contributed by atoms with E-state index < -0.39 is 0 Å². The standard InChI is InChI=1S/C16H18ClNO/c1-2-18-16(13-7-4-3-5-8-13)12-19-15-10-6-9-14(17)11-15/h3-11,16,18H,2,12H2,1H3. The molecule has 0 heterocycles. The molecule has 2 aromatic rings. The van der Waals surface area contributed by atoms with Crippen molar-refractivity contribution < 1.29 is 4.74 Å². The van der Waals surface area contributed by atoms with E-state index in [1.807, 2.05) is 42.5 Å². The lowest BCUT2D eigenvalue weighted by Crippen LogP contribution is -2.26. The van der Waals surface area contributed by atoms with E-state index in [1.54, 1.807) is 0 Å². The van der Waals surface area contributed by atoms with Gasteiger partial charge in [0.2, 0.25) is 0 Å². The number of hydrogen-bond acceptors (Lipinski definition) is 2. The zero-order valence-corrected chi connectivity index (χ0v) is 11.7. The molecular weight excluding hydrogens is 258 g/mol. The van der Waals surface area contributed by atoms with Crippen molar-refractivity contribution in [3.8, 4) is 5.75 Å². The second-order valence-corrected chi connectivity index (χ2v) is 4.73. The molecule has 0 aliphatic heterocycles. The van der Waals surface area contributed by atoms with E-state index in [2.05, 4.69) is 24.4 Å². The van der Waals surface area contributed by atoms with Gasteiger partial charge < -0.3 is 10.1 Å². The molecule has 0 aromatic heterocycles. The molecule has 0 aliphatic rings. The highest BCUT2D eigenvalue weighted by Gasteiger charge is 2.10. The predicted molar refractivity (Wildman–Crippen MR) is 79.8 cm³/mol. The molecule has 2 rings (SSSR count). The first-order chi connectivity index (χ1) is 9.29. The van der Waals surface area contributed by atoms with Gasteiger partial charge in [-0.3, -0.25) is 0 Å². The highest BCUT2D eigenvalue weighted by molar-refractivity contribution is 6.30. The lowest BCUT2D eigenvalue weighted by atomic mass is 10.1. The molecule has 1 unspecified atom stereocenters. The van der Waals surface area contributed by atoms with Crippen LogP contribution >= 0.6 is 11.6 Å². The maximum Gasteiger partial charge on any atom is 0.120 e. The third kappa shape index (κ3) is 4.27. The number of likely N-dealkylation sites (N-methyl/N-ethyl adjacent to an activating group) is 1. The summed E-state index contributed by atoms with van der Waals surface area (Å²) in [5.41, 5.74) is 1.23. The van der Waals surface area contributed by atoms with Crippen LogP contribution in [0.15, 0.2) is 54.6 Å². The number of nitrogens with one attached hydrogen (secondary N) is 1. The smallest absolute Gasteiger partial charge is 0.120 e. The number of halogens is 1. The van der Waals surface area contributed by atoms with Gasteiger partial charge in [0.25, 0.3) is 0 Å². The van der Waals surface area contributed by atoms with Crippen LogP contribution in [0.3, 0.4) is 0 Å². The zero-order chi connectivity index (χ0) is 13.5. The van der Waals surface area contributed by atoms with Crippen molar-refractivity contribution in [1.29, 1.82) is 0 Å². The van der Waals surface area contributed by atoms with Crippen LogP contribution in [0.1, 0.15) is 18.5 Å². The molecule has 19 heavy (non-hydrogen) atoms.